The molecule has 0 bridgehead atoms. The van der Waals surface area contributed by atoms with Crippen LogP contribution in [-0.4, -0.2) is 4.90 Å². The van der Waals surface area contributed by atoms with Gasteiger partial charge in [-0.15, -0.1) is 0 Å². The molecule has 2 N–H and O–H groups in total. The lowest BCUT2D eigenvalue weighted by atomic mass is 10.1. The van der Waals surface area contributed by atoms with Crippen LogP contribution in [0.2, 0.25) is 0 Å². The largest absolute Gasteiger partial charge is 0.399 e. The van der Waals surface area contributed by atoms with Crippen LogP contribution in [0.3, 0.4) is 0 Å². The van der Waals surface area contributed by atoms with Gasteiger partial charge in [0.2, 0.25) is 0 Å². The number of halogens is 2. The van der Waals surface area contributed by atoms with Gasteiger partial charge in [0.25, 0.3) is 0 Å². The van der Waals surface area contributed by atoms with Crippen LogP contribution in [0.5, 0.6) is 0 Å². The number of anilines is 1. The van der Waals surface area contributed by atoms with E-state index in [2.05, 4.69) is 4.90 Å². The first kappa shape index (κ1) is 12.1. The highest BCUT2D eigenvalue weighted by Crippen LogP contribution is 2.26. The van der Waals surface area contributed by atoms with Gasteiger partial charge in [0, 0.05) is 30.9 Å². The Morgan fingerprint density at radius 1 is 1.00 bits per heavy atom. The van der Waals surface area contributed by atoms with Crippen LogP contribution in [0.15, 0.2) is 36.4 Å². The predicted molar refractivity (Wildman–Crippen MR) is 70.2 cm³/mol. The summed E-state index contributed by atoms with van der Waals surface area (Å²) in [6, 6.07) is 9.37. The fraction of sp³-hybridized carbons (Fsp3) is 0.200. The lowest BCUT2D eigenvalue weighted by Crippen LogP contribution is -2.16. The minimum atomic E-state index is -0.405. The zero-order valence-electron chi connectivity index (χ0n) is 10.4. The minimum Gasteiger partial charge on any atom is -0.399 e. The van der Waals surface area contributed by atoms with E-state index in [0.29, 0.717) is 12.1 Å². The smallest absolute Gasteiger partial charge is 0.127 e. The van der Waals surface area contributed by atoms with Gasteiger partial charge in [-0.05, 0) is 41.5 Å². The zero-order chi connectivity index (χ0) is 13.4. The van der Waals surface area contributed by atoms with E-state index in [1.165, 1.54) is 17.7 Å². The van der Waals surface area contributed by atoms with Crippen LogP contribution in [-0.2, 0) is 19.6 Å². The molecule has 98 valence electrons. The van der Waals surface area contributed by atoms with Crippen molar-refractivity contribution in [2.45, 2.75) is 19.6 Å². The van der Waals surface area contributed by atoms with Crippen molar-refractivity contribution in [2.24, 2.45) is 0 Å². The number of benzene rings is 2. The van der Waals surface area contributed by atoms with E-state index in [1.807, 2.05) is 18.2 Å². The van der Waals surface area contributed by atoms with Gasteiger partial charge >= 0.3 is 0 Å². The second kappa shape index (κ2) is 4.63. The summed E-state index contributed by atoms with van der Waals surface area (Å²) in [4.78, 5) is 2.07. The van der Waals surface area contributed by atoms with Gasteiger partial charge in [-0.1, -0.05) is 6.07 Å². The first-order valence-electron chi connectivity index (χ1n) is 6.15. The van der Waals surface area contributed by atoms with Crippen molar-refractivity contribution in [3.05, 3.63) is 64.7 Å². The molecule has 0 unspecified atom stereocenters. The van der Waals surface area contributed by atoms with E-state index < -0.39 is 5.82 Å². The molecule has 1 heterocycles. The Morgan fingerprint density at radius 2 is 1.79 bits per heavy atom. The molecule has 2 aromatic rings. The van der Waals surface area contributed by atoms with Crippen LogP contribution in [0.4, 0.5) is 14.5 Å². The molecule has 2 aromatic carbocycles. The molecule has 3 rings (SSSR count). The van der Waals surface area contributed by atoms with Crippen LogP contribution in [0.1, 0.15) is 16.7 Å². The molecule has 0 fully saturated rings. The third-order valence-electron chi connectivity index (χ3n) is 3.42. The summed E-state index contributed by atoms with van der Waals surface area (Å²) >= 11 is 0. The molecule has 1 aliphatic rings. The summed E-state index contributed by atoms with van der Waals surface area (Å²) in [6.07, 6.45) is 0. The normalized spacial score (nSPS) is 14.6. The van der Waals surface area contributed by atoms with Crippen LogP contribution in [0, 0.1) is 11.6 Å². The maximum atomic E-state index is 13.6. The Morgan fingerprint density at radius 3 is 2.63 bits per heavy atom. The summed E-state index contributed by atoms with van der Waals surface area (Å²) < 4.78 is 26.7. The highest BCUT2D eigenvalue weighted by Gasteiger charge is 2.20. The minimum absolute atomic E-state index is 0.364. The highest BCUT2D eigenvalue weighted by atomic mass is 19.1. The summed E-state index contributed by atoms with van der Waals surface area (Å²) in [6.45, 7) is 1.86. The number of nitrogen functional groups attached to an aromatic ring is 1. The van der Waals surface area contributed by atoms with Crippen molar-refractivity contribution < 1.29 is 8.78 Å². The molecule has 1 aliphatic heterocycles. The molecular weight excluding hydrogens is 246 g/mol. The number of nitrogens with two attached hydrogens (primary N) is 1. The Balaban J connectivity index is 1.78. The van der Waals surface area contributed by atoms with Crippen molar-refractivity contribution in [3.63, 3.8) is 0 Å². The van der Waals surface area contributed by atoms with E-state index in [9.17, 15) is 8.78 Å². The second-order valence-corrected chi connectivity index (χ2v) is 4.91. The molecule has 0 radical (unpaired) electrons. The first-order chi connectivity index (χ1) is 9.11. The Hall–Kier alpha value is -1.94. The van der Waals surface area contributed by atoms with Crippen molar-refractivity contribution in [3.8, 4) is 0 Å². The van der Waals surface area contributed by atoms with Gasteiger partial charge in [-0.3, -0.25) is 4.90 Å². The molecule has 0 spiro atoms. The zero-order valence-corrected chi connectivity index (χ0v) is 10.4. The maximum absolute atomic E-state index is 13.6. The van der Waals surface area contributed by atoms with E-state index in [4.69, 9.17) is 5.73 Å². The third-order valence-corrected chi connectivity index (χ3v) is 3.42. The molecule has 0 amide bonds. The van der Waals surface area contributed by atoms with Crippen LogP contribution >= 0.6 is 0 Å². The van der Waals surface area contributed by atoms with Crippen LogP contribution < -0.4 is 5.73 Å². The Kier molecular flexibility index (Phi) is 2.95. The number of fused-ring (bicyclic) bond motifs is 1. The van der Waals surface area contributed by atoms with Crippen LogP contribution in [0.25, 0.3) is 0 Å². The third kappa shape index (κ3) is 2.44. The fourth-order valence-corrected chi connectivity index (χ4v) is 2.50. The van der Waals surface area contributed by atoms with E-state index in [0.717, 1.165) is 30.4 Å². The van der Waals surface area contributed by atoms with E-state index in [-0.39, 0.29) is 5.82 Å². The summed E-state index contributed by atoms with van der Waals surface area (Å²) in [5, 5.41) is 0. The van der Waals surface area contributed by atoms with E-state index in [1.54, 1.807) is 0 Å². The Bertz CT molecular complexity index is 626. The molecule has 4 heteroatoms. The molecule has 0 saturated heterocycles. The van der Waals surface area contributed by atoms with Gasteiger partial charge in [0.05, 0.1) is 0 Å². The lowest BCUT2D eigenvalue weighted by Gasteiger charge is -2.15. The second-order valence-electron chi connectivity index (χ2n) is 4.91. The standard InChI is InChI=1S/C15H14F2N2/c16-13-2-4-15(17)12(5-13)9-19-7-10-1-3-14(18)6-11(10)8-19/h1-6H,7-9,18H2. The lowest BCUT2D eigenvalue weighted by molar-refractivity contribution is 0.271. The number of rotatable bonds is 2. The summed E-state index contributed by atoms with van der Waals surface area (Å²) in [5.41, 5.74) is 9.23. The summed E-state index contributed by atoms with van der Waals surface area (Å²) in [7, 11) is 0. The molecule has 0 aliphatic carbocycles. The van der Waals surface area contributed by atoms with Crippen molar-refractivity contribution in [1.82, 2.24) is 4.90 Å². The Labute approximate surface area is 110 Å². The topological polar surface area (TPSA) is 29.3 Å². The van der Waals surface area contributed by atoms with Gasteiger partial charge in [-0.25, -0.2) is 8.78 Å². The molecule has 0 atom stereocenters. The quantitative estimate of drug-likeness (QED) is 0.841. The fourth-order valence-electron chi connectivity index (χ4n) is 2.50. The van der Waals surface area contributed by atoms with Gasteiger partial charge in [0.15, 0.2) is 0 Å². The van der Waals surface area contributed by atoms with Gasteiger partial charge in [-0.2, -0.15) is 0 Å². The van der Waals surface area contributed by atoms with Crippen molar-refractivity contribution >= 4 is 5.69 Å². The number of nitrogens with zero attached hydrogens (tertiary/aromatic N) is 1. The summed E-state index contributed by atoms with van der Waals surface area (Å²) in [5.74, 6) is -0.769. The average molecular weight is 260 g/mol. The molecule has 0 saturated carbocycles. The molecule has 0 aromatic heterocycles. The average Bonchev–Trinajstić information content (AvgIpc) is 2.75. The van der Waals surface area contributed by atoms with Gasteiger partial charge < -0.3 is 5.73 Å². The monoisotopic (exact) mass is 260 g/mol. The molecule has 2 nitrogen and oxygen atoms in total. The highest BCUT2D eigenvalue weighted by molar-refractivity contribution is 5.46. The number of hydrogen-bond acceptors (Lipinski definition) is 2. The van der Waals surface area contributed by atoms with Gasteiger partial charge in [0.1, 0.15) is 11.6 Å². The number of hydrogen-bond donors (Lipinski definition) is 1. The maximum Gasteiger partial charge on any atom is 0.127 e. The predicted octanol–water partition coefficient (Wildman–Crippen LogP) is 3.06. The van der Waals surface area contributed by atoms with Crippen molar-refractivity contribution in [1.29, 1.82) is 0 Å². The van der Waals surface area contributed by atoms with Crippen molar-refractivity contribution in [2.75, 3.05) is 5.73 Å². The SMILES string of the molecule is Nc1ccc2c(c1)CN(Cc1cc(F)ccc1F)C2. The van der Waals surface area contributed by atoms with E-state index >= 15 is 0 Å². The molecule has 19 heavy (non-hydrogen) atoms. The molecular formula is C15H14F2N2. The first-order valence-corrected chi connectivity index (χ1v) is 6.15.